The van der Waals surface area contributed by atoms with Gasteiger partial charge in [-0.05, 0) is 53.6 Å². The van der Waals surface area contributed by atoms with Crippen molar-refractivity contribution in [2.75, 3.05) is 22.4 Å². The monoisotopic (exact) mass is 442 g/mol. The zero-order valence-corrected chi connectivity index (χ0v) is 17.8. The van der Waals surface area contributed by atoms with Crippen molar-refractivity contribution in [1.82, 2.24) is 0 Å². The Labute approximate surface area is 179 Å². The van der Waals surface area contributed by atoms with Crippen LogP contribution in [-0.4, -0.2) is 33.2 Å². The van der Waals surface area contributed by atoms with E-state index in [2.05, 4.69) is 11.4 Å². The summed E-state index contributed by atoms with van der Waals surface area (Å²) in [5.74, 6) is -0.0976. The van der Waals surface area contributed by atoms with E-state index in [0.717, 1.165) is 28.8 Å². The number of amides is 1. The number of hydrogen-bond donors (Lipinski definition) is 1. The number of hydrogen-bond acceptors (Lipinski definition) is 4. The number of nitrogens with zero attached hydrogens (tertiary/aromatic N) is 1. The molecule has 1 heterocycles. The fourth-order valence-corrected chi connectivity index (χ4v) is 5.32. The van der Waals surface area contributed by atoms with Crippen LogP contribution in [0.3, 0.4) is 0 Å². The summed E-state index contributed by atoms with van der Waals surface area (Å²) in [4.78, 5) is 13.1. The first-order chi connectivity index (χ1) is 14.3. The Kier molecular flexibility index (Phi) is 4.41. The van der Waals surface area contributed by atoms with Gasteiger partial charge in [-0.25, -0.2) is 8.42 Å². The van der Waals surface area contributed by atoms with Crippen molar-refractivity contribution in [3.63, 3.8) is 0 Å². The summed E-state index contributed by atoms with van der Waals surface area (Å²) in [5.41, 5.74) is 3.58. The number of rotatable bonds is 3. The van der Waals surface area contributed by atoms with Gasteiger partial charge >= 0.3 is 0 Å². The molecule has 1 atom stereocenters. The number of sulfonamides is 1. The second-order valence-electron chi connectivity index (χ2n) is 7.61. The largest absolute Gasteiger partial charge is 0.476 e. The maximum absolute atomic E-state index is 13.1. The fourth-order valence-electron chi connectivity index (χ4n) is 4.24. The molecule has 5 rings (SSSR count). The van der Waals surface area contributed by atoms with Gasteiger partial charge in [0.25, 0.3) is 5.91 Å². The van der Waals surface area contributed by atoms with Crippen LogP contribution in [0, 0.1) is 0 Å². The van der Waals surface area contributed by atoms with Gasteiger partial charge in [-0.3, -0.25) is 9.10 Å². The fraction of sp³-hybridized carbons (Fsp3) is 0.227. The lowest BCUT2D eigenvalue weighted by molar-refractivity contribution is -0.122. The Hall–Kier alpha value is -2.77. The Morgan fingerprint density at radius 1 is 1.13 bits per heavy atom. The summed E-state index contributed by atoms with van der Waals surface area (Å²) in [6.45, 7) is -0.126. The highest BCUT2D eigenvalue weighted by Gasteiger charge is 2.35. The number of fused-ring (bicyclic) bond motifs is 1. The minimum absolute atomic E-state index is 0.126. The molecule has 30 heavy (non-hydrogen) atoms. The number of benzene rings is 3. The topological polar surface area (TPSA) is 75.7 Å². The Bertz CT molecular complexity index is 1300. The van der Waals surface area contributed by atoms with Crippen molar-refractivity contribution < 1.29 is 17.9 Å². The van der Waals surface area contributed by atoms with E-state index in [0.29, 0.717) is 22.1 Å². The molecule has 1 aliphatic carbocycles. The van der Waals surface area contributed by atoms with Gasteiger partial charge in [-0.15, -0.1) is 0 Å². The van der Waals surface area contributed by atoms with E-state index >= 15 is 0 Å². The van der Waals surface area contributed by atoms with Gasteiger partial charge < -0.3 is 10.1 Å². The van der Waals surface area contributed by atoms with Crippen molar-refractivity contribution in [2.45, 2.75) is 18.9 Å². The molecule has 3 aromatic rings. The molecule has 1 N–H and O–H groups in total. The van der Waals surface area contributed by atoms with Crippen LogP contribution in [0.5, 0.6) is 5.75 Å². The van der Waals surface area contributed by atoms with E-state index < -0.39 is 22.0 Å². The van der Waals surface area contributed by atoms with Crippen LogP contribution in [0.15, 0.2) is 48.5 Å². The van der Waals surface area contributed by atoms with Gasteiger partial charge in [0.2, 0.25) is 10.0 Å². The van der Waals surface area contributed by atoms with E-state index in [1.807, 2.05) is 24.3 Å². The number of carbonyl (C=O) groups excluding carboxylic acids is 1. The molecule has 0 saturated carbocycles. The van der Waals surface area contributed by atoms with Crippen molar-refractivity contribution >= 4 is 49.7 Å². The molecule has 154 valence electrons. The van der Waals surface area contributed by atoms with Crippen LogP contribution < -0.4 is 14.4 Å². The highest BCUT2D eigenvalue weighted by atomic mass is 35.5. The summed E-state index contributed by atoms with van der Waals surface area (Å²) in [7, 11) is -3.62. The number of ether oxygens (including phenoxy) is 1. The lowest BCUT2D eigenvalue weighted by Gasteiger charge is -2.34. The van der Waals surface area contributed by atoms with Crippen LogP contribution in [0.4, 0.5) is 11.4 Å². The predicted molar refractivity (Wildman–Crippen MR) is 118 cm³/mol. The third-order valence-corrected chi connectivity index (χ3v) is 7.00. The molecule has 0 radical (unpaired) electrons. The third-order valence-electron chi connectivity index (χ3n) is 5.62. The van der Waals surface area contributed by atoms with Crippen LogP contribution >= 0.6 is 11.6 Å². The number of anilines is 2. The number of aryl methyl sites for hydroxylation is 2. The number of halogens is 1. The third kappa shape index (κ3) is 3.18. The van der Waals surface area contributed by atoms with E-state index in [1.54, 1.807) is 12.1 Å². The van der Waals surface area contributed by atoms with Gasteiger partial charge in [-0.1, -0.05) is 35.9 Å². The second-order valence-corrected chi connectivity index (χ2v) is 9.96. The predicted octanol–water partition coefficient (Wildman–Crippen LogP) is 3.76. The number of carbonyl (C=O) groups is 1. The average molecular weight is 443 g/mol. The van der Waals surface area contributed by atoms with Crippen molar-refractivity contribution in [3.05, 3.63) is 64.7 Å². The summed E-state index contributed by atoms with van der Waals surface area (Å²) < 4.78 is 31.7. The van der Waals surface area contributed by atoms with Crippen LogP contribution in [0.25, 0.3) is 10.8 Å². The lowest BCUT2D eigenvalue weighted by Crippen LogP contribution is -2.48. The summed E-state index contributed by atoms with van der Waals surface area (Å²) in [5, 5.41) is 5.51. The van der Waals surface area contributed by atoms with Crippen LogP contribution in [0.1, 0.15) is 11.1 Å². The van der Waals surface area contributed by atoms with E-state index in [9.17, 15) is 13.2 Å². The molecule has 0 unspecified atom stereocenters. The highest BCUT2D eigenvalue weighted by molar-refractivity contribution is 7.92. The molecule has 0 spiro atoms. The maximum atomic E-state index is 13.1. The first kappa shape index (κ1) is 19.2. The molecule has 1 aliphatic heterocycles. The first-order valence-electron chi connectivity index (χ1n) is 9.59. The Balaban J connectivity index is 1.48. The summed E-state index contributed by atoms with van der Waals surface area (Å²) in [6, 6.07) is 14.7. The zero-order valence-electron chi connectivity index (χ0n) is 16.2. The molecule has 6 nitrogen and oxygen atoms in total. The normalized spacial score (nSPS) is 17.5. The first-order valence-corrected chi connectivity index (χ1v) is 11.8. The standard InChI is InChI=1S/C22H19ClN2O4S/c1-30(27,28)25-12-20(29-19-10-8-15(23)11-18(19)25)22(26)24-17-9-7-14-6-5-13-3-2-4-16(17)21(13)14/h2-4,7-11,20H,5-6,12H2,1H3,(H,24,26)/t20-/m0/s1. The number of nitrogens with one attached hydrogen (secondary N) is 1. The van der Waals surface area contributed by atoms with Gasteiger partial charge in [0, 0.05) is 16.1 Å². The van der Waals surface area contributed by atoms with Gasteiger partial charge in [0.05, 0.1) is 18.5 Å². The molecular weight excluding hydrogens is 424 g/mol. The molecule has 0 aromatic heterocycles. The minimum atomic E-state index is -3.62. The molecule has 1 amide bonds. The van der Waals surface area contributed by atoms with Crippen molar-refractivity contribution in [3.8, 4) is 5.75 Å². The van der Waals surface area contributed by atoms with Crippen LogP contribution in [0.2, 0.25) is 5.02 Å². The Morgan fingerprint density at radius 2 is 1.90 bits per heavy atom. The molecular formula is C22H19ClN2O4S. The van der Waals surface area contributed by atoms with Crippen molar-refractivity contribution in [2.24, 2.45) is 0 Å². The molecule has 0 bridgehead atoms. The SMILES string of the molecule is CS(=O)(=O)N1C[C@@H](C(=O)Nc2ccc3c4c(cccc24)CC3)Oc2ccc(Cl)cc21. The van der Waals surface area contributed by atoms with Crippen molar-refractivity contribution in [1.29, 1.82) is 0 Å². The summed E-state index contributed by atoms with van der Waals surface area (Å²) >= 11 is 6.03. The van der Waals surface area contributed by atoms with E-state index in [4.69, 9.17) is 16.3 Å². The molecule has 8 heteroatoms. The zero-order chi connectivity index (χ0) is 21.0. The quantitative estimate of drug-likeness (QED) is 0.670. The lowest BCUT2D eigenvalue weighted by atomic mass is 10.0. The minimum Gasteiger partial charge on any atom is -0.476 e. The van der Waals surface area contributed by atoms with E-state index in [-0.39, 0.29) is 6.54 Å². The average Bonchev–Trinajstić information content (AvgIpc) is 3.13. The molecule has 2 aliphatic rings. The van der Waals surface area contributed by atoms with Crippen LogP contribution in [-0.2, 0) is 27.7 Å². The highest BCUT2D eigenvalue weighted by Crippen LogP contribution is 2.38. The summed E-state index contributed by atoms with van der Waals surface area (Å²) in [6.07, 6.45) is 2.11. The van der Waals surface area contributed by atoms with Gasteiger partial charge in [-0.2, -0.15) is 0 Å². The molecule has 3 aromatic carbocycles. The molecule has 0 saturated heterocycles. The Morgan fingerprint density at radius 3 is 2.67 bits per heavy atom. The second kappa shape index (κ2) is 6.89. The molecule has 0 fully saturated rings. The smallest absolute Gasteiger partial charge is 0.267 e. The maximum Gasteiger partial charge on any atom is 0.267 e. The van der Waals surface area contributed by atoms with Gasteiger partial charge in [0.15, 0.2) is 6.10 Å². The van der Waals surface area contributed by atoms with Gasteiger partial charge in [0.1, 0.15) is 5.75 Å². The van der Waals surface area contributed by atoms with E-state index in [1.165, 1.54) is 22.6 Å².